The predicted molar refractivity (Wildman–Crippen MR) is 95.4 cm³/mol. The lowest BCUT2D eigenvalue weighted by molar-refractivity contribution is -0.140. The highest BCUT2D eigenvalue weighted by atomic mass is 35.5. The molecule has 0 bridgehead atoms. The number of carbonyl (C=O) groups excluding carboxylic acids is 2. The number of nitrogens with zero attached hydrogens (tertiary/aromatic N) is 1. The molecule has 1 aromatic rings. The summed E-state index contributed by atoms with van der Waals surface area (Å²) in [7, 11) is 0. The molecular weight excluding hydrogens is 349 g/mol. The van der Waals surface area contributed by atoms with Gasteiger partial charge >= 0.3 is 0 Å². The lowest BCUT2D eigenvalue weighted by atomic mass is 9.97. The van der Waals surface area contributed by atoms with E-state index >= 15 is 0 Å². The summed E-state index contributed by atoms with van der Waals surface area (Å²) in [6.07, 6.45) is 3.43. The van der Waals surface area contributed by atoms with E-state index in [4.69, 9.17) is 23.2 Å². The van der Waals surface area contributed by atoms with Gasteiger partial charge in [-0.2, -0.15) is 0 Å². The van der Waals surface area contributed by atoms with Crippen molar-refractivity contribution in [1.29, 1.82) is 0 Å². The van der Waals surface area contributed by atoms with Gasteiger partial charge in [0.25, 0.3) is 0 Å². The molecule has 0 saturated carbocycles. The van der Waals surface area contributed by atoms with Crippen LogP contribution in [-0.4, -0.2) is 42.4 Å². The van der Waals surface area contributed by atoms with E-state index in [2.05, 4.69) is 10.6 Å². The number of amides is 2. The quantitative estimate of drug-likeness (QED) is 0.860. The van der Waals surface area contributed by atoms with Crippen LogP contribution in [0.25, 0.3) is 0 Å². The normalized spacial score (nSPS) is 24.0. The molecule has 2 atom stereocenters. The lowest BCUT2D eigenvalue weighted by Gasteiger charge is -2.30. The number of nitrogens with one attached hydrogen (secondary N) is 2. The minimum Gasteiger partial charge on any atom is -0.330 e. The highest BCUT2D eigenvalue weighted by molar-refractivity contribution is 6.35. The number of rotatable bonds is 3. The number of hydrogen-bond donors (Lipinski definition) is 2. The van der Waals surface area contributed by atoms with Crippen molar-refractivity contribution in [1.82, 2.24) is 10.2 Å². The monoisotopic (exact) mass is 369 g/mol. The molecule has 2 aliphatic heterocycles. The summed E-state index contributed by atoms with van der Waals surface area (Å²) in [5.74, 6) is -0.111. The highest BCUT2D eigenvalue weighted by Crippen LogP contribution is 2.26. The standard InChI is InChI=1S/C17H21Cl2N3O2/c18-12-7-13(19)9-14(8-12)21-16(23)15-4-2-6-22(15)17(24)11-3-1-5-20-10-11/h7-9,11,15,20H,1-6,10H2,(H,21,23). The Morgan fingerprint density at radius 2 is 1.88 bits per heavy atom. The molecule has 3 rings (SSSR count). The number of hydrogen-bond acceptors (Lipinski definition) is 3. The van der Waals surface area contributed by atoms with Gasteiger partial charge in [-0.15, -0.1) is 0 Å². The first-order valence-corrected chi connectivity index (χ1v) is 9.08. The summed E-state index contributed by atoms with van der Waals surface area (Å²) in [5.41, 5.74) is 0.552. The van der Waals surface area contributed by atoms with Crippen molar-refractivity contribution in [2.45, 2.75) is 31.7 Å². The van der Waals surface area contributed by atoms with Crippen LogP contribution in [0.4, 0.5) is 5.69 Å². The molecular formula is C17H21Cl2N3O2. The highest BCUT2D eigenvalue weighted by Gasteiger charge is 2.37. The number of anilines is 1. The van der Waals surface area contributed by atoms with Gasteiger partial charge in [-0.1, -0.05) is 23.2 Å². The molecule has 2 heterocycles. The zero-order valence-electron chi connectivity index (χ0n) is 13.4. The number of piperidine rings is 1. The molecule has 0 aliphatic carbocycles. The van der Waals surface area contributed by atoms with Crippen molar-refractivity contribution in [2.24, 2.45) is 5.92 Å². The van der Waals surface area contributed by atoms with Crippen LogP contribution in [0.3, 0.4) is 0 Å². The van der Waals surface area contributed by atoms with E-state index in [-0.39, 0.29) is 17.7 Å². The molecule has 5 nitrogen and oxygen atoms in total. The van der Waals surface area contributed by atoms with E-state index in [1.54, 1.807) is 23.1 Å². The molecule has 2 saturated heterocycles. The van der Waals surface area contributed by atoms with E-state index in [0.717, 1.165) is 25.8 Å². The molecule has 0 radical (unpaired) electrons. The van der Waals surface area contributed by atoms with Gasteiger partial charge in [-0.25, -0.2) is 0 Å². The maximum atomic E-state index is 12.7. The lowest BCUT2D eigenvalue weighted by Crippen LogP contribution is -2.48. The van der Waals surface area contributed by atoms with Gasteiger partial charge in [0, 0.05) is 28.8 Å². The minimum atomic E-state index is -0.419. The van der Waals surface area contributed by atoms with E-state index in [1.807, 2.05) is 0 Å². The van der Waals surface area contributed by atoms with Gasteiger partial charge in [0.2, 0.25) is 11.8 Å². The van der Waals surface area contributed by atoms with Gasteiger partial charge < -0.3 is 15.5 Å². The Bertz CT molecular complexity index is 612. The fourth-order valence-electron chi connectivity index (χ4n) is 3.45. The van der Waals surface area contributed by atoms with Crippen molar-refractivity contribution in [3.8, 4) is 0 Å². The van der Waals surface area contributed by atoms with Crippen LogP contribution in [-0.2, 0) is 9.59 Å². The van der Waals surface area contributed by atoms with Crippen LogP contribution in [0.2, 0.25) is 10.0 Å². The molecule has 2 unspecified atom stereocenters. The Kier molecular flexibility index (Phi) is 5.64. The van der Waals surface area contributed by atoms with Crippen LogP contribution in [0.5, 0.6) is 0 Å². The first-order chi connectivity index (χ1) is 11.5. The van der Waals surface area contributed by atoms with Crippen molar-refractivity contribution in [3.05, 3.63) is 28.2 Å². The first kappa shape index (κ1) is 17.5. The van der Waals surface area contributed by atoms with Gasteiger partial charge in [-0.3, -0.25) is 9.59 Å². The number of halogens is 2. The van der Waals surface area contributed by atoms with Crippen LogP contribution < -0.4 is 10.6 Å². The van der Waals surface area contributed by atoms with E-state index in [0.29, 0.717) is 35.2 Å². The molecule has 7 heteroatoms. The Morgan fingerprint density at radius 1 is 1.12 bits per heavy atom. The van der Waals surface area contributed by atoms with Crippen LogP contribution in [0.15, 0.2) is 18.2 Å². The zero-order chi connectivity index (χ0) is 17.1. The Hall–Kier alpha value is -1.30. The summed E-state index contributed by atoms with van der Waals surface area (Å²) in [4.78, 5) is 27.1. The number of likely N-dealkylation sites (tertiary alicyclic amines) is 1. The van der Waals surface area contributed by atoms with Gasteiger partial charge in [0.05, 0.1) is 5.92 Å². The smallest absolute Gasteiger partial charge is 0.247 e. The molecule has 24 heavy (non-hydrogen) atoms. The summed E-state index contributed by atoms with van der Waals surface area (Å²) in [6.45, 7) is 2.31. The second kappa shape index (κ2) is 7.72. The summed E-state index contributed by atoms with van der Waals surface area (Å²) >= 11 is 11.9. The third-order valence-electron chi connectivity index (χ3n) is 4.61. The van der Waals surface area contributed by atoms with Crippen molar-refractivity contribution in [2.75, 3.05) is 25.0 Å². The predicted octanol–water partition coefficient (Wildman–Crippen LogP) is 2.92. The van der Waals surface area contributed by atoms with Gasteiger partial charge in [0.15, 0.2) is 0 Å². The molecule has 2 fully saturated rings. The second-order valence-electron chi connectivity index (χ2n) is 6.38. The van der Waals surface area contributed by atoms with Crippen molar-refractivity contribution < 1.29 is 9.59 Å². The second-order valence-corrected chi connectivity index (χ2v) is 7.25. The molecule has 130 valence electrons. The topological polar surface area (TPSA) is 61.4 Å². The third kappa shape index (κ3) is 4.02. The van der Waals surface area contributed by atoms with Crippen LogP contribution >= 0.6 is 23.2 Å². The average molecular weight is 370 g/mol. The Morgan fingerprint density at radius 3 is 2.54 bits per heavy atom. The Balaban J connectivity index is 1.67. The number of benzene rings is 1. The molecule has 2 amide bonds. The van der Waals surface area contributed by atoms with E-state index in [9.17, 15) is 9.59 Å². The number of carbonyl (C=O) groups is 2. The van der Waals surface area contributed by atoms with Crippen molar-refractivity contribution in [3.63, 3.8) is 0 Å². The Labute approximate surface area is 151 Å². The molecule has 1 aromatic carbocycles. The first-order valence-electron chi connectivity index (χ1n) is 8.33. The summed E-state index contributed by atoms with van der Waals surface area (Å²) < 4.78 is 0. The van der Waals surface area contributed by atoms with E-state index < -0.39 is 6.04 Å². The SMILES string of the molecule is O=C(Nc1cc(Cl)cc(Cl)c1)C1CCCN1C(=O)C1CCCNC1. The maximum absolute atomic E-state index is 12.7. The average Bonchev–Trinajstić information content (AvgIpc) is 3.03. The van der Waals surface area contributed by atoms with Gasteiger partial charge in [0.1, 0.15) is 6.04 Å². The molecule has 0 aromatic heterocycles. The summed E-state index contributed by atoms with van der Waals surface area (Å²) in [5, 5.41) is 7.02. The fourth-order valence-corrected chi connectivity index (χ4v) is 3.98. The minimum absolute atomic E-state index is 0.0206. The van der Waals surface area contributed by atoms with Crippen molar-refractivity contribution >= 4 is 40.7 Å². The molecule has 2 N–H and O–H groups in total. The van der Waals surface area contributed by atoms with Crippen LogP contribution in [0, 0.1) is 5.92 Å². The molecule has 2 aliphatic rings. The van der Waals surface area contributed by atoms with E-state index in [1.165, 1.54) is 0 Å². The summed E-state index contributed by atoms with van der Waals surface area (Å²) in [6, 6.07) is 4.49. The largest absolute Gasteiger partial charge is 0.330 e. The fraction of sp³-hybridized carbons (Fsp3) is 0.529. The molecule has 0 spiro atoms. The zero-order valence-corrected chi connectivity index (χ0v) is 14.9. The maximum Gasteiger partial charge on any atom is 0.247 e. The third-order valence-corrected chi connectivity index (χ3v) is 5.05. The van der Waals surface area contributed by atoms with Crippen LogP contribution in [0.1, 0.15) is 25.7 Å². The van der Waals surface area contributed by atoms with Gasteiger partial charge in [-0.05, 0) is 50.4 Å².